The summed E-state index contributed by atoms with van der Waals surface area (Å²) in [5, 5.41) is 3.58. The van der Waals surface area contributed by atoms with Crippen LogP contribution in [-0.2, 0) is 5.54 Å². The third-order valence-corrected chi connectivity index (χ3v) is 3.23. The van der Waals surface area contributed by atoms with Crippen molar-refractivity contribution in [1.82, 2.24) is 15.3 Å². The Hall–Kier alpha value is -1.16. The minimum absolute atomic E-state index is 0.0195. The summed E-state index contributed by atoms with van der Waals surface area (Å²) in [6.45, 7) is 3.25. The molecule has 1 unspecified atom stereocenters. The van der Waals surface area contributed by atoms with Crippen LogP contribution in [-0.4, -0.2) is 23.6 Å². The molecular formula is C12H19N3O. The maximum absolute atomic E-state index is 5.32. The highest BCUT2D eigenvalue weighted by Gasteiger charge is 2.38. The predicted molar refractivity (Wildman–Crippen MR) is 62.4 cm³/mol. The summed E-state index contributed by atoms with van der Waals surface area (Å²) in [7, 11) is 1.65. The molecule has 88 valence electrons. The number of nitrogens with one attached hydrogen (secondary N) is 1. The monoisotopic (exact) mass is 221 g/mol. The number of aromatic nitrogens is 2. The van der Waals surface area contributed by atoms with E-state index in [4.69, 9.17) is 4.74 Å². The Bertz CT molecular complexity index is 348. The highest BCUT2D eigenvalue weighted by atomic mass is 16.5. The maximum Gasteiger partial charge on any atom is 0.237 e. The molecule has 0 aromatic carbocycles. The van der Waals surface area contributed by atoms with Gasteiger partial charge in [-0.25, -0.2) is 4.98 Å². The van der Waals surface area contributed by atoms with Crippen molar-refractivity contribution in [3.05, 3.63) is 18.1 Å². The summed E-state index contributed by atoms with van der Waals surface area (Å²) in [6.07, 6.45) is 7.95. The van der Waals surface area contributed by atoms with E-state index in [-0.39, 0.29) is 5.54 Å². The van der Waals surface area contributed by atoms with Gasteiger partial charge in [0.15, 0.2) is 0 Å². The van der Waals surface area contributed by atoms with Gasteiger partial charge in [-0.3, -0.25) is 4.98 Å². The third kappa shape index (κ3) is 1.89. The molecule has 1 aliphatic heterocycles. The van der Waals surface area contributed by atoms with E-state index in [1.807, 2.05) is 0 Å². The smallest absolute Gasteiger partial charge is 0.237 e. The van der Waals surface area contributed by atoms with Crippen LogP contribution in [0.5, 0.6) is 5.88 Å². The van der Waals surface area contributed by atoms with Crippen LogP contribution < -0.4 is 10.1 Å². The molecule has 0 radical (unpaired) electrons. The molecule has 2 rings (SSSR count). The van der Waals surface area contributed by atoms with Crippen LogP contribution in [0.3, 0.4) is 0 Å². The Balaban J connectivity index is 2.38. The first kappa shape index (κ1) is 11.3. The average Bonchev–Trinajstić information content (AvgIpc) is 2.79. The lowest BCUT2D eigenvalue weighted by Gasteiger charge is -2.29. The highest BCUT2D eigenvalue weighted by Crippen LogP contribution is 2.37. The molecule has 0 aliphatic carbocycles. The topological polar surface area (TPSA) is 47.0 Å². The molecule has 0 bridgehead atoms. The van der Waals surface area contributed by atoms with Crippen molar-refractivity contribution in [3.63, 3.8) is 0 Å². The first-order valence-corrected chi connectivity index (χ1v) is 5.93. The molecule has 4 nitrogen and oxygen atoms in total. The van der Waals surface area contributed by atoms with Crippen molar-refractivity contribution < 1.29 is 4.74 Å². The molecule has 0 saturated carbocycles. The summed E-state index contributed by atoms with van der Waals surface area (Å²) in [4.78, 5) is 8.72. The third-order valence-electron chi connectivity index (χ3n) is 3.23. The second-order valence-electron chi connectivity index (χ2n) is 4.28. The first-order valence-electron chi connectivity index (χ1n) is 5.93. The van der Waals surface area contributed by atoms with E-state index in [9.17, 15) is 0 Å². The summed E-state index contributed by atoms with van der Waals surface area (Å²) >= 11 is 0. The molecule has 1 aromatic heterocycles. The van der Waals surface area contributed by atoms with Crippen molar-refractivity contribution in [2.24, 2.45) is 0 Å². The molecule has 4 heteroatoms. The van der Waals surface area contributed by atoms with Gasteiger partial charge >= 0.3 is 0 Å². The van der Waals surface area contributed by atoms with Crippen LogP contribution >= 0.6 is 0 Å². The molecule has 1 saturated heterocycles. The van der Waals surface area contributed by atoms with Crippen LogP contribution in [0.25, 0.3) is 0 Å². The summed E-state index contributed by atoms with van der Waals surface area (Å²) < 4.78 is 5.32. The number of nitrogens with zero attached hydrogens (tertiary/aromatic N) is 2. The van der Waals surface area contributed by atoms with Crippen molar-refractivity contribution in [3.8, 4) is 5.88 Å². The Kier molecular flexibility index (Phi) is 3.39. The van der Waals surface area contributed by atoms with E-state index in [0.29, 0.717) is 5.88 Å². The fourth-order valence-corrected chi connectivity index (χ4v) is 2.57. The predicted octanol–water partition coefficient (Wildman–Crippen LogP) is 1.86. The van der Waals surface area contributed by atoms with E-state index in [0.717, 1.165) is 31.5 Å². The fraction of sp³-hybridized carbons (Fsp3) is 0.667. The summed E-state index contributed by atoms with van der Waals surface area (Å²) in [5.41, 5.74) is 0.950. The van der Waals surface area contributed by atoms with Gasteiger partial charge in [0, 0.05) is 12.4 Å². The average molecular weight is 221 g/mol. The van der Waals surface area contributed by atoms with Gasteiger partial charge in [-0.05, 0) is 25.8 Å². The standard InChI is InChI=1S/C12H19N3O/c1-3-5-12(6-4-7-15-12)10-11(16-2)14-9-8-13-10/h8-9,15H,3-7H2,1-2H3. The van der Waals surface area contributed by atoms with E-state index in [1.54, 1.807) is 19.5 Å². The van der Waals surface area contributed by atoms with Gasteiger partial charge in [-0.1, -0.05) is 13.3 Å². The maximum atomic E-state index is 5.32. The molecule has 1 atom stereocenters. The zero-order chi connectivity index (χ0) is 11.4. The second-order valence-corrected chi connectivity index (χ2v) is 4.28. The van der Waals surface area contributed by atoms with Gasteiger partial charge in [-0.15, -0.1) is 0 Å². The van der Waals surface area contributed by atoms with Gasteiger partial charge in [0.2, 0.25) is 5.88 Å². The normalized spacial score (nSPS) is 24.6. The number of methoxy groups -OCH3 is 1. The number of hydrogen-bond donors (Lipinski definition) is 1. The molecule has 16 heavy (non-hydrogen) atoms. The number of ether oxygens (including phenoxy) is 1. The lowest BCUT2D eigenvalue weighted by Crippen LogP contribution is -2.38. The quantitative estimate of drug-likeness (QED) is 0.843. The molecule has 2 heterocycles. The number of hydrogen-bond acceptors (Lipinski definition) is 4. The Morgan fingerprint density at radius 2 is 2.25 bits per heavy atom. The van der Waals surface area contributed by atoms with E-state index in [2.05, 4.69) is 22.2 Å². The van der Waals surface area contributed by atoms with E-state index < -0.39 is 0 Å². The second kappa shape index (κ2) is 4.78. The van der Waals surface area contributed by atoms with Gasteiger partial charge in [0.05, 0.1) is 12.6 Å². The molecule has 0 spiro atoms. The lowest BCUT2D eigenvalue weighted by molar-refractivity contribution is 0.311. The van der Waals surface area contributed by atoms with Crippen molar-refractivity contribution in [2.45, 2.75) is 38.1 Å². The van der Waals surface area contributed by atoms with E-state index in [1.165, 1.54) is 6.42 Å². The molecule has 1 aromatic rings. The largest absolute Gasteiger partial charge is 0.480 e. The lowest BCUT2D eigenvalue weighted by atomic mass is 9.88. The zero-order valence-corrected chi connectivity index (χ0v) is 9.99. The molecule has 1 aliphatic rings. The SMILES string of the molecule is CCCC1(c2nccnc2OC)CCCN1. The minimum Gasteiger partial charge on any atom is -0.480 e. The van der Waals surface area contributed by atoms with Crippen LogP contribution in [0.4, 0.5) is 0 Å². The van der Waals surface area contributed by atoms with Crippen LogP contribution in [0.15, 0.2) is 12.4 Å². The Morgan fingerprint density at radius 1 is 1.44 bits per heavy atom. The van der Waals surface area contributed by atoms with Gasteiger partial charge in [0.1, 0.15) is 5.69 Å². The molecule has 1 fully saturated rings. The van der Waals surface area contributed by atoms with Gasteiger partial charge in [0.25, 0.3) is 0 Å². The Labute approximate surface area is 96.4 Å². The van der Waals surface area contributed by atoms with E-state index >= 15 is 0 Å². The molecule has 1 N–H and O–H groups in total. The number of rotatable bonds is 4. The van der Waals surface area contributed by atoms with Crippen molar-refractivity contribution in [1.29, 1.82) is 0 Å². The summed E-state index contributed by atoms with van der Waals surface area (Å²) in [5.74, 6) is 0.658. The molecular weight excluding hydrogens is 202 g/mol. The molecule has 0 amide bonds. The van der Waals surface area contributed by atoms with Gasteiger partial charge < -0.3 is 10.1 Å². The Morgan fingerprint density at radius 3 is 2.88 bits per heavy atom. The van der Waals surface area contributed by atoms with Crippen molar-refractivity contribution >= 4 is 0 Å². The van der Waals surface area contributed by atoms with Crippen LogP contribution in [0.1, 0.15) is 38.3 Å². The first-order chi connectivity index (χ1) is 7.82. The minimum atomic E-state index is -0.0195. The van der Waals surface area contributed by atoms with Crippen LogP contribution in [0.2, 0.25) is 0 Å². The van der Waals surface area contributed by atoms with Crippen molar-refractivity contribution in [2.75, 3.05) is 13.7 Å². The van der Waals surface area contributed by atoms with Gasteiger partial charge in [-0.2, -0.15) is 0 Å². The zero-order valence-electron chi connectivity index (χ0n) is 9.99. The van der Waals surface area contributed by atoms with Crippen LogP contribution in [0, 0.1) is 0 Å². The highest BCUT2D eigenvalue weighted by molar-refractivity contribution is 5.27. The fourth-order valence-electron chi connectivity index (χ4n) is 2.57. The summed E-state index contributed by atoms with van der Waals surface area (Å²) in [6, 6.07) is 0.